The lowest BCUT2D eigenvalue weighted by molar-refractivity contribution is -0.117. The molecule has 0 saturated carbocycles. The Labute approximate surface area is 114 Å². The number of nitrogens with zero attached hydrogens (tertiary/aromatic N) is 1. The molecule has 0 heterocycles. The summed E-state index contributed by atoms with van der Waals surface area (Å²) < 4.78 is 23.9. The summed E-state index contributed by atoms with van der Waals surface area (Å²) in [6, 6.07) is 8.98. The van der Waals surface area contributed by atoms with Crippen LogP contribution in [0.5, 0.6) is 0 Å². The van der Waals surface area contributed by atoms with E-state index < -0.39 is 21.0 Å². The van der Waals surface area contributed by atoms with Gasteiger partial charge >= 0.3 is 0 Å². The molecular weight excluding hydrogens is 262 g/mol. The summed E-state index contributed by atoms with van der Waals surface area (Å²) in [6.45, 7) is 3.18. The smallest absolute Gasteiger partial charge is 0.244 e. The van der Waals surface area contributed by atoms with Crippen LogP contribution in [0, 0.1) is 0 Å². The molecular formula is C14H19NO3S. The van der Waals surface area contributed by atoms with Gasteiger partial charge in [0.15, 0.2) is 9.84 Å². The van der Waals surface area contributed by atoms with Gasteiger partial charge in [0.25, 0.3) is 0 Å². The zero-order valence-corrected chi connectivity index (χ0v) is 12.2. The zero-order valence-electron chi connectivity index (χ0n) is 11.4. The summed E-state index contributed by atoms with van der Waals surface area (Å²) >= 11 is 0. The first-order valence-electron chi connectivity index (χ1n) is 6.05. The Morgan fingerprint density at radius 1 is 1.32 bits per heavy atom. The summed E-state index contributed by atoms with van der Waals surface area (Å²) in [5, 5.41) is -1.05. The number of carbonyl (C=O) groups excluding carboxylic acids is 1. The van der Waals surface area contributed by atoms with E-state index in [4.69, 9.17) is 0 Å². The van der Waals surface area contributed by atoms with Crippen molar-refractivity contribution in [2.75, 3.05) is 17.7 Å². The zero-order chi connectivity index (χ0) is 14.5. The molecule has 1 amide bonds. The average molecular weight is 281 g/mol. The van der Waals surface area contributed by atoms with Crippen LogP contribution in [0.1, 0.15) is 13.8 Å². The third-order valence-corrected chi connectivity index (χ3v) is 4.86. The maximum Gasteiger partial charge on any atom is 0.244 e. The van der Waals surface area contributed by atoms with Gasteiger partial charge in [0.05, 0.1) is 5.75 Å². The van der Waals surface area contributed by atoms with Gasteiger partial charge in [-0.05, 0) is 26.0 Å². The largest absolute Gasteiger partial charge is 0.314 e. The van der Waals surface area contributed by atoms with Crippen LogP contribution in [0.15, 0.2) is 42.5 Å². The highest BCUT2D eigenvalue weighted by Crippen LogP contribution is 2.15. The van der Waals surface area contributed by atoms with Crippen LogP contribution < -0.4 is 4.90 Å². The Bertz CT molecular complexity index is 549. The Morgan fingerprint density at radius 3 is 2.42 bits per heavy atom. The number of hydrogen-bond donors (Lipinski definition) is 0. The molecule has 1 aromatic carbocycles. The molecule has 0 aliphatic heterocycles. The van der Waals surface area contributed by atoms with Gasteiger partial charge in [-0.15, -0.1) is 0 Å². The predicted molar refractivity (Wildman–Crippen MR) is 77.9 cm³/mol. The van der Waals surface area contributed by atoms with Crippen molar-refractivity contribution in [3.63, 3.8) is 0 Å². The van der Waals surface area contributed by atoms with Gasteiger partial charge < -0.3 is 4.90 Å². The third kappa shape index (κ3) is 3.92. The van der Waals surface area contributed by atoms with E-state index in [-0.39, 0.29) is 5.75 Å². The lowest BCUT2D eigenvalue weighted by Crippen LogP contribution is -2.40. The van der Waals surface area contributed by atoms with E-state index in [1.165, 1.54) is 11.8 Å². The van der Waals surface area contributed by atoms with Crippen LogP contribution in [-0.4, -0.2) is 32.4 Å². The minimum Gasteiger partial charge on any atom is -0.314 e. The molecule has 0 spiro atoms. The maximum absolute atomic E-state index is 12.2. The van der Waals surface area contributed by atoms with Crippen molar-refractivity contribution < 1.29 is 13.2 Å². The lowest BCUT2D eigenvalue weighted by Gasteiger charge is -2.21. The Kier molecular flexibility index (Phi) is 5.30. The Morgan fingerprint density at radius 2 is 1.89 bits per heavy atom. The van der Waals surface area contributed by atoms with E-state index in [9.17, 15) is 13.2 Å². The first kappa shape index (κ1) is 15.4. The molecule has 5 heteroatoms. The molecule has 1 rings (SSSR count). The van der Waals surface area contributed by atoms with Crippen molar-refractivity contribution in [1.82, 2.24) is 0 Å². The number of benzene rings is 1. The monoisotopic (exact) mass is 281 g/mol. The number of rotatable bonds is 5. The Hall–Kier alpha value is -1.62. The Balaban J connectivity index is 2.89. The molecule has 104 valence electrons. The molecule has 1 unspecified atom stereocenters. The van der Waals surface area contributed by atoms with Gasteiger partial charge in [-0.2, -0.15) is 0 Å². The van der Waals surface area contributed by atoms with Crippen LogP contribution >= 0.6 is 0 Å². The maximum atomic E-state index is 12.2. The van der Waals surface area contributed by atoms with E-state index in [0.717, 1.165) is 0 Å². The molecule has 0 saturated heterocycles. The minimum atomic E-state index is -3.45. The number of amides is 1. The average Bonchev–Trinajstić information content (AvgIpc) is 2.43. The van der Waals surface area contributed by atoms with Gasteiger partial charge in [0.2, 0.25) is 5.91 Å². The second-order valence-electron chi connectivity index (χ2n) is 4.27. The number of para-hydroxylation sites is 1. The number of hydrogen-bond acceptors (Lipinski definition) is 3. The fourth-order valence-corrected chi connectivity index (χ4v) is 2.79. The molecule has 0 fully saturated rings. The molecule has 1 atom stereocenters. The first-order valence-corrected chi connectivity index (χ1v) is 7.77. The molecule has 0 radical (unpaired) electrons. The summed E-state index contributed by atoms with van der Waals surface area (Å²) in [6.07, 6.45) is 3.21. The highest BCUT2D eigenvalue weighted by atomic mass is 32.2. The molecule has 4 nitrogen and oxygen atoms in total. The van der Waals surface area contributed by atoms with Gasteiger partial charge in [-0.1, -0.05) is 30.4 Å². The van der Waals surface area contributed by atoms with Crippen molar-refractivity contribution in [1.29, 1.82) is 0 Å². The number of anilines is 1. The van der Waals surface area contributed by atoms with E-state index in [0.29, 0.717) is 5.69 Å². The van der Waals surface area contributed by atoms with E-state index in [1.807, 2.05) is 6.07 Å². The normalized spacial score (nSPS) is 13.4. The number of allylic oxidation sites excluding steroid dienone is 1. The second kappa shape index (κ2) is 6.52. The van der Waals surface area contributed by atoms with Crippen LogP contribution in [0.2, 0.25) is 0 Å². The van der Waals surface area contributed by atoms with Gasteiger partial charge in [-0.3, -0.25) is 4.79 Å². The second-order valence-corrected chi connectivity index (χ2v) is 6.64. The predicted octanol–water partition coefficient (Wildman–Crippen LogP) is 2.03. The summed E-state index contributed by atoms with van der Waals surface area (Å²) in [5.74, 6) is -0.533. The first-order chi connectivity index (χ1) is 8.90. The molecule has 0 aliphatic carbocycles. The van der Waals surface area contributed by atoms with E-state index in [2.05, 4.69) is 0 Å². The molecule has 19 heavy (non-hydrogen) atoms. The summed E-state index contributed by atoms with van der Waals surface area (Å²) in [4.78, 5) is 13.5. The molecule has 0 N–H and O–H groups in total. The lowest BCUT2D eigenvalue weighted by atomic mass is 10.3. The van der Waals surface area contributed by atoms with Crippen molar-refractivity contribution in [3.8, 4) is 0 Å². The quantitative estimate of drug-likeness (QED) is 0.776. The highest BCUT2D eigenvalue weighted by molar-refractivity contribution is 7.92. The van der Waals surface area contributed by atoms with Crippen LogP contribution in [0.3, 0.4) is 0 Å². The van der Waals surface area contributed by atoms with Gasteiger partial charge in [0, 0.05) is 12.7 Å². The van der Waals surface area contributed by atoms with Crippen molar-refractivity contribution >= 4 is 21.4 Å². The highest BCUT2D eigenvalue weighted by Gasteiger charge is 2.29. The summed E-state index contributed by atoms with van der Waals surface area (Å²) in [5.41, 5.74) is 0.681. The number of carbonyl (C=O) groups is 1. The van der Waals surface area contributed by atoms with Gasteiger partial charge in [0.1, 0.15) is 5.25 Å². The minimum absolute atomic E-state index is 0.112. The van der Waals surface area contributed by atoms with Gasteiger partial charge in [-0.25, -0.2) is 8.42 Å². The summed E-state index contributed by atoms with van der Waals surface area (Å²) in [7, 11) is -1.87. The molecule has 0 aromatic heterocycles. The standard InChI is InChI=1S/C14H19NO3S/c1-4-5-11-19(17,18)12(2)14(16)15(3)13-9-7-6-8-10-13/h4-10,12H,11H2,1-3H3. The van der Waals surface area contributed by atoms with E-state index in [1.54, 1.807) is 50.4 Å². The van der Waals surface area contributed by atoms with Crippen LogP contribution in [0.25, 0.3) is 0 Å². The third-order valence-electron chi connectivity index (χ3n) is 2.92. The van der Waals surface area contributed by atoms with Crippen molar-refractivity contribution in [2.24, 2.45) is 0 Å². The van der Waals surface area contributed by atoms with Crippen LogP contribution in [0.4, 0.5) is 5.69 Å². The molecule has 1 aromatic rings. The molecule has 0 bridgehead atoms. The molecule has 0 aliphatic rings. The van der Waals surface area contributed by atoms with Crippen molar-refractivity contribution in [3.05, 3.63) is 42.5 Å². The van der Waals surface area contributed by atoms with Crippen LogP contribution in [-0.2, 0) is 14.6 Å². The number of sulfone groups is 1. The fraction of sp³-hybridized carbons (Fsp3) is 0.357. The fourth-order valence-electron chi connectivity index (χ4n) is 1.58. The van der Waals surface area contributed by atoms with Crippen molar-refractivity contribution in [2.45, 2.75) is 19.1 Å². The topological polar surface area (TPSA) is 54.5 Å². The SMILES string of the molecule is CC=CCS(=O)(=O)C(C)C(=O)N(C)c1ccccc1. The van der Waals surface area contributed by atoms with E-state index >= 15 is 0 Å².